The summed E-state index contributed by atoms with van der Waals surface area (Å²) in [6.45, 7) is 0.603. The van der Waals surface area contributed by atoms with Crippen LogP contribution in [0.25, 0.3) is 0 Å². The maximum atomic E-state index is 11.5. The van der Waals surface area contributed by atoms with Gasteiger partial charge in [-0.2, -0.15) is 0 Å². The maximum absolute atomic E-state index is 11.5. The van der Waals surface area contributed by atoms with Crippen LogP contribution in [0.5, 0.6) is 0 Å². The predicted molar refractivity (Wildman–Crippen MR) is 82.9 cm³/mol. The minimum Gasteiger partial charge on any atom is -0.399 e. The molecule has 0 aromatic heterocycles. The fourth-order valence-corrected chi connectivity index (χ4v) is 2.39. The molecule has 0 bridgehead atoms. The second kappa shape index (κ2) is 5.84. The van der Waals surface area contributed by atoms with E-state index in [2.05, 4.69) is 0 Å². The Morgan fingerprint density at radius 1 is 1.25 bits per heavy atom. The average Bonchev–Trinajstić information content (AvgIpc) is 2.37. The third kappa shape index (κ3) is 3.03. The molecule has 2 aromatic rings. The van der Waals surface area contributed by atoms with Crippen LogP contribution in [0.3, 0.4) is 0 Å². The largest absolute Gasteiger partial charge is 0.399 e. The highest BCUT2D eigenvalue weighted by Crippen LogP contribution is 2.27. The molecule has 104 valence electrons. The van der Waals surface area contributed by atoms with Gasteiger partial charge in [0.25, 0.3) is 5.91 Å². The van der Waals surface area contributed by atoms with Gasteiger partial charge in [0, 0.05) is 19.3 Å². The molecule has 20 heavy (non-hydrogen) atoms. The molecule has 5 heteroatoms. The van der Waals surface area contributed by atoms with Crippen molar-refractivity contribution in [1.82, 2.24) is 0 Å². The summed E-state index contributed by atoms with van der Waals surface area (Å²) in [6.07, 6.45) is 0. The van der Waals surface area contributed by atoms with Crippen LogP contribution in [0.1, 0.15) is 15.9 Å². The number of halogens is 1. The third-order valence-corrected chi connectivity index (χ3v) is 3.34. The number of benzene rings is 2. The molecule has 4 N–H and O–H groups in total. The molecule has 2 aromatic carbocycles. The van der Waals surface area contributed by atoms with E-state index in [1.807, 2.05) is 42.3 Å². The summed E-state index contributed by atoms with van der Waals surface area (Å²) in [5.74, 6) is -0.537. The number of hydrogen-bond acceptors (Lipinski definition) is 3. The third-order valence-electron chi connectivity index (χ3n) is 3.02. The zero-order valence-electron chi connectivity index (χ0n) is 11.1. The lowest BCUT2D eigenvalue weighted by atomic mass is 10.1. The van der Waals surface area contributed by atoms with Gasteiger partial charge >= 0.3 is 0 Å². The van der Waals surface area contributed by atoms with Crippen LogP contribution < -0.4 is 16.4 Å². The number of amides is 1. The highest BCUT2D eigenvalue weighted by Gasteiger charge is 2.15. The Morgan fingerprint density at radius 3 is 2.60 bits per heavy atom. The summed E-state index contributed by atoms with van der Waals surface area (Å²) in [5, 5.41) is 0.356. The first-order valence-electron chi connectivity index (χ1n) is 6.13. The molecule has 0 radical (unpaired) electrons. The molecule has 0 aliphatic rings. The van der Waals surface area contributed by atoms with Gasteiger partial charge in [0.05, 0.1) is 16.3 Å². The van der Waals surface area contributed by atoms with Crippen molar-refractivity contribution in [3.63, 3.8) is 0 Å². The Hall–Kier alpha value is -2.20. The summed E-state index contributed by atoms with van der Waals surface area (Å²) in [4.78, 5) is 13.5. The summed E-state index contributed by atoms with van der Waals surface area (Å²) in [7, 11) is 1.88. The standard InChI is InChI=1S/C15H16ClN3O/c1-19(9-10-4-2-5-11(17)8-10)13-7-3-6-12(16)14(13)15(18)20/h2-8H,9,17H2,1H3,(H2,18,20). The normalized spacial score (nSPS) is 10.3. The van der Waals surface area contributed by atoms with Crippen LogP contribution in [0, 0.1) is 0 Å². The van der Waals surface area contributed by atoms with Gasteiger partial charge in [-0.1, -0.05) is 29.8 Å². The lowest BCUT2D eigenvalue weighted by Gasteiger charge is -2.22. The van der Waals surface area contributed by atoms with Gasteiger partial charge in [0.15, 0.2) is 0 Å². The van der Waals surface area contributed by atoms with E-state index in [1.54, 1.807) is 12.1 Å². The topological polar surface area (TPSA) is 72.3 Å². The Balaban J connectivity index is 2.32. The monoisotopic (exact) mass is 289 g/mol. The van der Waals surface area contributed by atoms with Gasteiger partial charge in [-0.25, -0.2) is 0 Å². The minimum atomic E-state index is -0.537. The van der Waals surface area contributed by atoms with E-state index < -0.39 is 5.91 Å². The molecule has 0 saturated heterocycles. The van der Waals surface area contributed by atoms with Gasteiger partial charge in [-0.15, -0.1) is 0 Å². The molecule has 0 aliphatic carbocycles. The highest BCUT2D eigenvalue weighted by atomic mass is 35.5. The molecule has 2 rings (SSSR count). The predicted octanol–water partition coefficient (Wildman–Crippen LogP) is 2.66. The lowest BCUT2D eigenvalue weighted by Crippen LogP contribution is -2.22. The number of carbonyl (C=O) groups is 1. The first-order chi connectivity index (χ1) is 9.49. The minimum absolute atomic E-state index is 0.334. The van der Waals surface area contributed by atoms with Crippen molar-refractivity contribution in [2.24, 2.45) is 5.73 Å². The zero-order valence-corrected chi connectivity index (χ0v) is 11.9. The van der Waals surface area contributed by atoms with Gasteiger partial charge in [0.1, 0.15) is 0 Å². The maximum Gasteiger partial charge on any atom is 0.252 e. The van der Waals surface area contributed by atoms with Crippen LogP contribution >= 0.6 is 11.6 Å². The second-order valence-electron chi connectivity index (χ2n) is 4.60. The molecule has 0 saturated carbocycles. The Bertz CT molecular complexity index is 643. The molecule has 4 nitrogen and oxygen atoms in total. The molecule has 0 aliphatic heterocycles. The van der Waals surface area contributed by atoms with Crippen LogP contribution in [-0.2, 0) is 6.54 Å². The van der Waals surface area contributed by atoms with E-state index in [0.29, 0.717) is 28.5 Å². The first kappa shape index (κ1) is 14.2. The van der Waals surface area contributed by atoms with Crippen molar-refractivity contribution in [1.29, 1.82) is 0 Å². The van der Waals surface area contributed by atoms with E-state index in [-0.39, 0.29) is 0 Å². The smallest absolute Gasteiger partial charge is 0.252 e. The fraction of sp³-hybridized carbons (Fsp3) is 0.133. The van der Waals surface area contributed by atoms with Gasteiger partial charge < -0.3 is 16.4 Å². The molecule has 0 unspecified atom stereocenters. The number of primary amides is 1. The van der Waals surface area contributed by atoms with Gasteiger partial charge in [-0.05, 0) is 29.8 Å². The van der Waals surface area contributed by atoms with Crippen molar-refractivity contribution in [3.05, 3.63) is 58.6 Å². The Morgan fingerprint density at radius 2 is 1.95 bits per heavy atom. The number of nitrogen functional groups attached to an aromatic ring is 1. The number of hydrogen-bond donors (Lipinski definition) is 2. The van der Waals surface area contributed by atoms with Crippen molar-refractivity contribution >= 4 is 28.9 Å². The molecule has 0 heterocycles. The van der Waals surface area contributed by atoms with E-state index in [9.17, 15) is 4.79 Å². The molecule has 0 fully saturated rings. The number of nitrogens with zero attached hydrogens (tertiary/aromatic N) is 1. The lowest BCUT2D eigenvalue weighted by molar-refractivity contribution is 0.100. The van der Waals surface area contributed by atoms with E-state index in [0.717, 1.165) is 5.56 Å². The number of nitrogens with two attached hydrogens (primary N) is 2. The summed E-state index contributed by atoms with van der Waals surface area (Å²) < 4.78 is 0. The molecule has 1 amide bonds. The average molecular weight is 290 g/mol. The van der Waals surface area contributed by atoms with Crippen LogP contribution in [-0.4, -0.2) is 13.0 Å². The van der Waals surface area contributed by atoms with Crippen molar-refractivity contribution in [2.75, 3.05) is 17.7 Å². The van der Waals surface area contributed by atoms with Gasteiger partial charge in [0.2, 0.25) is 0 Å². The van der Waals surface area contributed by atoms with E-state index in [4.69, 9.17) is 23.1 Å². The van der Waals surface area contributed by atoms with Crippen molar-refractivity contribution in [2.45, 2.75) is 6.54 Å². The number of anilines is 2. The summed E-state index contributed by atoms with van der Waals surface area (Å²) in [5.41, 5.74) is 13.9. The number of carbonyl (C=O) groups excluding carboxylic acids is 1. The second-order valence-corrected chi connectivity index (χ2v) is 5.01. The van der Waals surface area contributed by atoms with Crippen LogP contribution in [0.15, 0.2) is 42.5 Å². The quantitative estimate of drug-likeness (QED) is 0.850. The number of rotatable bonds is 4. The molecule has 0 spiro atoms. The van der Waals surface area contributed by atoms with Crippen molar-refractivity contribution < 1.29 is 4.79 Å². The fourth-order valence-electron chi connectivity index (χ4n) is 2.13. The molecular formula is C15H16ClN3O. The first-order valence-corrected chi connectivity index (χ1v) is 6.50. The van der Waals surface area contributed by atoms with Gasteiger partial charge in [-0.3, -0.25) is 4.79 Å². The summed E-state index contributed by atoms with van der Waals surface area (Å²) >= 11 is 6.05. The Kier molecular flexibility index (Phi) is 4.15. The molecule has 0 atom stereocenters. The van der Waals surface area contributed by atoms with Crippen molar-refractivity contribution in [3.8, 4) is 0 Å². The molecular weight excluding hydrogens is 274 g/mol. The Labute approximate surface area is 122 Å². The van der Waals surface area contributed by atoms with Crippen LogP contribution in [0.4, 0.5) is 11.4 Å². The highest BCUT2D eigenvalue weighted by molar-refractivity contribution is 6.34. The van der Waals surface area contributed by atoms with E-state index in [1.165, 1.54) is 0 Å². The SMILES string of the molecule is CN(Cc1cccc(N)c1)c1cccc(Cl)c1C(N)=O. The zero-order chi connectivity index (χ0) is 14.7. The van der Waals surface area contributed by atoms with Crippen LogP contribution in [0.2, 0.25) is 5.02 Å². The van der Waals surface area contributed by atoms with E-state index >= 15 is 0 Å². The summed E-state index contributed by atoms with van der Waals surface area (Å²) in [6, 6.07) is 12.9.